The molecule has 2 rings (SSSR count). The smallest absolute Gasteiger partial charge is 0.306 e. The van der Waals surface area contributed by atoms with Crippen LogP contribution in [0.3, 0.4) is 0 Å². The fraction of sp³-hybridized carbons (Fsp3) is 0.417. The second kappa shape index (κ2) is 4.12. The lowest BCUT2D eigenvalue weighted by molar-refractivity contribution is -0.138. The minimum atomic E-state index is -0.751. The Morgan fingerprint density at radius 2 is 2.38 bits per heavy atom. The van der Waals surface area contributed by atoms with Crippen LogP contribution in [0.4, 0.5) is 4.39 Å². The highest BCUT2D eigenvalue weighted by Gasteiger charge is 2.42. The van der Waals surface area contributed by atoms with Gasteiger partial charge in [0, 0.05) is 0 Å². The fourth-order valence-electron chi connectivity index (χ4n) is 1.92. The Labute approximate surface area is 92.9 Å². The van der Waals surface area contributed by atoms with Crippen LogP contribution in [0, 0.1) is 17.7 Å². The zero-order valence-electron chi connectivity index (χ0n) is 8.94. The maximum atomic E-state index is 13.3. The first-order valence-corrected chi connectivity index (χ1v) is 5.17. The molecular weight excluding hydrogens is 211 g/mol. The molecular formula is C12H13FO3. The molecule has 1 N–H and O–H groups in total. The summed E-state index contributed by atoms with van der Waals surface area (Å²) in [7, 11) is 1.42. The van der Waals surface area contributed by atoms with Gasteiger partial charge in [0.15, 0.2) is 11.6 Å². The van der Waals surface area contributed by atoms with E-state index in [2.05, 4.69) is 0 Å². The van der Waals surface area contributed by atoms with Crippen molar-refractivity contribution in [2.75, 3.05) is 7.11 Å². The zero-order valence-corrected chi connectivity index (χ0v) is 8.94. The molecule has 2 unspecified atom stereocenters. The minimum Gasteiger partial charge on any atom is -0.494 e. The van der Waals surface area contributed by atoms with E-state index in [1.807, 2.05) is 0 Å². The summed E-state index contributed by atoms with van der Waals surface area (Å²) < 4.78 is 18.1. The van der Waals surface area contributed by atoms with Gasteiger partial charge >= 0.3 is 5.97 Å². The van der Waals surface area contributed by atoms with E-state index in [0.29, 0.717) is 12.8 Å². The number of benzene rings is 1. The Kier molecular flexibility index (Phi) is 2.81. The van der Waals surface area contributed by atoms with Crippen molar-refractivity contribution in [3.63, 3.8) is 0 Å². The van der Waals surface area contributed by atoms with Crippen molar-refractivity contribution in [3.05, 3.63) is 29.6 Å². The largest absolute Gasteiger partial charge is 0.494 e. The van der Waals surface area contributed by atoms with E-state index < -0.39 is 11.8 Å². The van der Waals surface area contributed by atoms with E-state index in [9.17, 15) is 9.18 Å². The van der Waals surface area contributed by atoms with Crippen molar-refractivity contribution in [1.29, 1.82) is 0 Å². The lowest BCUT2D eigenvalue weighted by Gasteiger charge is -2.04. The number of carboxylic acids is 1. The topological polar surface area (TPSA) is 46.5 Å². The van der Waals surface area contributed by atoms with Crippen molar-refractivity contribution in [2.24, 2.45) is 11.8 Å². The highest BCUT2D eigenvalue weighted by Crippen LogP contribution is 2.41. The Morgan fingerprint density at radius 3 is 2.88 bits per heavy atom. The number of methoxy groups -OCH3 is 1. The molecule has 1 aliphatic carbocycles. The number of carboxylic acid groups (broad SMARTS) is 1. The van der Waals surface area contributed by atoms with Crippen LogP contribution in [0.25, 0.3) is 0 Å². The van der Waals surface area contributed by atoms with E-state index in [4.69, 9.17) is 9.84 Å². The van der Waals surface area contributed by atoms with Gasteiger partial charge in [0.05, 0.1) is 13.0 Å². The maximum absolute atomic E-state index is 13.3. The van der Waals surface area contributed by atoms with Gasteiger partial charge in [0.2, 0.25) is 0 Å². The van der Waals surface area contributed by atoms with Crippen LogP contribution >= 0.6 is 0 Å². The molecule has 0 aliphatic heterocycles. The Hall–Kier alpha value is -1.58. The van der Waals surface area contributed by atoms with Gasteiger partial charge in [-0.15, -0.1) is 0 Å². The van der Waals surface area contributed by atoms with Crippen molar-refractivity contribution >= 4 is 5.97 Å². The molecule has 0 radical (unpaired) electrons. The molecule has 0 saturated heterocycles. The summed E-state index contributed by atoms with van der Waals surface area (Å²) in [5.74, 6) is -1.02. The summed E-state index contributed by atoms with van der Waals surface area (Å²) >= 11 is 0. The molecule has 2 atom stereocenters. The standard InChI is InChI=1S/C12H13FO3/c1-16-11-3-2-7(5-10(11)13)4-8-6-9(8)12(14)15/h2-3,5,8-9H,4,6H2,1H3,(H,14,15). The van der Waals surface area contributed by atoms with Crippen molar-refractivity contribution in [3.8, 4) is 5.75 Å². The van der Waals surface area contributed by atoms with Gasteiger partial charge in [-0.25, -0.2) is 4.39 Å². The summed E-state index contributed by atoms with van der Waals surface area (Å²) in [4.78, 5) is 10.6. The fourth-order valence-corrected chi connectivity index (χ4v) is 1.92. The highest BCUT2D eigenvalue weighted by molar-refractivity contribution is 5.73. The Bertz CT molecular complexity index is 417. The van der Waals surface area contributed by atoms with Crippen molar-refractivity contribution in [2.45, 2.75) is 12.8 Å². The molecule has 16 heavy (non-hydrogen) atoms. The highest BCUT2D eigenvalue weighted by atomic mass is 19.1. The van der Waals surface area contributed by atoms with Crippen molar-refractivity contribution in [1.82, 2.24) is 0 Å². The van der Waals surface area contributed by atoms with Gasteiger partial charge in [0.1, 0.15) is 0 Å². The molecule has 0 amide bonds. The molecule has 0 bridgehead atoms. The number of halogens is 1. The third-order valence-corrected chi connectivity index (χ3v) is 2.95. The normalized spacial score (nSPS) is 22.9. The summed E-state index contributed by atoms with van der Waals surface area (Å²) in [5.41, 5.74) is 0.826. The van der Waals surface area contributed by atoms with Gasteiger partial charge in [-0.1, -0.05) is 6.07 Å². The first-order chi connectivity index (χ1) is 7.61. The average Bonchev–Trinajstić information content (AvgIpc) is 2.97. The number of hydrogen-bond donors (Lipinski definition) is 1. The maximum Gasteiger partial charge on any atom is 0.306 e. The number of hydrogen-bond acceptors (Lipinski definition) is 2. The van der Waals surface area contributed by atoms with Gasteiger partial charge in [-0.05, 0) is 36.5 Å². The number of rotatable bonds is 4. The molecule has 1 fully saturated rings. The molecule has 1 aromatic carbocycles. The van der Waals surface area contributed by atoms with Gasteiger partial charge in [-0.3, -0.25) is 4.79 Å². The van der Waals surface area contributed by atoms with Gasteiger partial charge < -0.3 is 9.84 Å². The molecule has 0 spiro atoms. The average molecular weight is 224 g/mol. The number of ether oxygens (including phenoxy) is 1. The summed E-state index contributed by atoms with van der Waals surface area (Å²) in [6.45, 7) is 0. The second-order valence-electron chi connectivity index (χ2n) is 4.11. The molecule has 4 heteroatoms. The van der Waals surface area contributed by atoms with Crippen LogP contribution in [-0.4, -0.2) is 18.2 Å². The summed E-state index contributed by atoms with van der Waals surface area (Å²) in [5, 5.41) is 8.74. The van der Waals surface area contributed by atoms with Crippen LogP contribution in [0.5, 0.6) is 5.75 Å². The SMILES string of the molecule is COc1ccc(CC2CC2C(=O)O)cc1F. The first-order valence-electron chi connectivity index (χ1n) is 5.17. The lowest BCUT2D eigenvalue weighted by atomic mass is 10.1. The molecule has 86 valence electrons. The molecule has 1 aromatic rings. The van der Waals surface area contributed by atoms with E-state index in [-0.39, 0.29) is 17.6 Å². The molecule has 1 saturated carbocycles. The predicted molar refractivity (Wildman–Crippen MR) is 55.9 cm³/mol. The Balaban J connectivity index is 2.01. The molecule has 0 aromatic heterocycles. The van der Waals surface area contributed by atoms with Crippen LogP contribution in [0.2, 0.25) is 0 Å². The van der Waals surface area contributed by atoms with Crippen molar-refractivity contribution < 1.29 is 19.0 Å². The van der Waals surface area contributed by atoms with E-state index in [1.165, 1.54) is 13.2 Å². The Morgan fingerprint density at radius 1 is 1.62 bits per heavy atom. The minimum absolute atomic E-state index is 0.158. The van der Waals surface area contributed by atoms with Crippen LogP contribution in [-0.2, 0) is 11.2 Å². The van der Waals surface area contributed by atoms with Gasteiger partial charge in [-0.2, -0.15) is 0 Å². The second-order valence-corrected chi connectivity index (χ2v) is 4.11. The predicted octanol–water partition coefficient (Wildman–Crippen LogP) is 2.10. The van der Waals surface area contributed by atoms with Crippen LogP contribution in [0.15, 0.2) is 18.2 Å². The monoisotopic (exact) mass is 224 g/mol. The third-order valence-electron chi connectivity index (χ3n) is 2.95. The summed E-state index contributed by atoms with van der Waals surface area (Å²) in [6.07, 6.45) is 1.32. The van der Waals surface area contributed by atoms with E-state index in [0.717, 1.165) is 5.56 Å². The first kappa shape index (κ1) is 10.9. The number of aliphatic carboxylic acids is 1. The summed E-state index contributed by atoms with van der Waals surface area (Å²) in [6, 6.07) is 4.76. The molecule has 0 heterocycles. The quantitative estimate of drug-likeness (QED) is 0.851. The zero-order chi connectivity index (χ0) is 11.7. The number of carbonyl (C=O) groups is 1. The van der Waals surface area contributed by atoms with Crippen LogP contribution in [0.1, 0.15) is 12.0 Å². The van der Waals surface area contributed by atoms with Gasteiger partial charge in [0.25, 0.3) is 0 Å². The van der Waals surface area contributed by atoms with E-state index >= 15 is 0 Å². The van der Waals surface area contributed by atoms with E-state index in [1.54, 1.807) is 12.1 Å². The molecule has 1 aliphatic rings. The molecule has 3 nitrogen and oxygen atoms in total. The lowest BCUT2D eigenvalue weighted by Crippen LogP contribution is -2.01. The van der Waals surface area contributed by atoms with Crippen LogP contribution < -0.4 is 4.74 Å². The third kappa shape index (κ3) is 2.15.